The van der Waals surface area contributed by atoms with Crippen molar-refractivity contribution in [1.82, 2.24) is 5.32 Å². The van der Waals surface area contributed by atoms with Crippen LogP contribution in [0.3, 0.4) is 0 Å². The molecule has 0 spiro atoms. The van der Waals surface area contributed by atoms with Crippen LogP contribution >= 0.6 is 0 Å². The van der Waals surface area contributed by atoms with Crippen LogP contribution in [0.4, 0.5) is 0 Å². The van der Waals surface area contributed by atoms with Gasteiger partial charge in [0.2, 0.25) is 0 Å². The molecule has 0 aliphatic carbocycles. The summed E-state index contributed by atoms with van der Waals surface area (Å²) in [5.41, 5.74) is 0. The van der Waals surface area contributed by atoms with Gasteiger partial charge in [0.25, 0.3) is 0 Å². The maximum absolute atomic E-state index is 5.07. The van der Waals surface area contributed by atoms with Gasteiger partial charge >= 0.3 is 0 Å². The van der Waals surface area contributed by atoms with Crippen LogP contribution in [0.15, 0.2) is 0 Å². The van der Waals surface area contributed by atoms with Gasteiger partial charge in [-0.15, -0.1) is 0 Å². The standard InChI is InChI=1S/C8H17NO/c1-7-4-3-5-8(9-7)6-10-2/h7-9H,3-6H2,1-2H3/t7-,8-/m1/s1. The third kappa shape index (κ3) is 2.27. The summed E-state index contributed by atoms with van der Waals surface area (Å²) < 4.78 is 5.07. The minimum absolute atomic E-state index is 0.605. The van der Waals surface area contributed by atoms with E-state index in [0.717, 1.165) is 6.61 Å². The lowest BCUT2D eigenvalue weighted by atomic mass is 10.0. The molecule has 1 heterocycles. The summed E-state index contributed by atoms with van der Waals surface area (Å²) in [5, 5.41) is 3.49. The van der Waals surface area contributed by atoms with Crippen LogP contribution in [0.1, 0.15) is 26.2 Å². The van der Waals surface area contributed by atoms with Gasteiger partial charge in [-0.1, -0.05) is 6.42 Å². The first kappa shape index (κ1) is 8.02. The van der Waals surface area contributed by atoms with Gasteiger partial charge in [-0.2, -0.15) is 0 Å². The van der Waals surface area contributed by atoms with Crippen molar-refractivity contribution in [1.29, 1.82) is 0 Å². The maximum Gasteiger partial charge on any atom is 0.0615 e. The van der Waals surface area contributed by atoms with E-state index in [1.165, 1.54) is 19.3 Å². The first-order chi connectivity index (χ1) is 4.83. The Morgan fingerprint density at radius 3 is 2.90 bits per heavy atom. The summed E-state index contributed by atoms with van der Waals surface area (Å²) in [7, 11) is 1.76. The van der Waals surface area contributed by atoms with E-state index < -0.39 is 0 Å². The molecule has 0 aromatic heterocycles. The molecule has 0 aromatic rings. The normalized spacial score (nSPS) is 34.2. The molecule has 0 unspecified atom stereocenters. The Morgan fingerprint density at radius 2 is 2.30 bits per heavy atom. The van der Waals surface area contributed by atoms with Gasteiger partial charge in [-0.05, 0) is 19.8 Å². The molecule has 1 aliphatic heterocycles. The number of hydrogen-bond donors (Lipinski definition) is 1. The smallest absolute Gasteiger partial charge is 0.0615 e. The molecule has 1 aliphatic rings. The van der Waals surface area contributed by atoms with Gasteiger partial charge < -0.3 is 10.1 Å². The number of hydrogen-bond acceptors (Lipinski definition) is 2. The van der Waals surface area contributed by atoms with E-state index in [-0.39, 0.29) is 0 Å². The Kier molecular flexibility index (Phi) is 3.16. The van der Waals surface area contributed by atoms with Crippen LogP contribution in [0.25, 0.3) is 0 Å². The van der Waals surface area contributed by atoms with Gasteiger partial charge in [0, 0.05) is 19.2 Å². The van der Waals surface area contributed by atoms with Crippen LogP contribution in [-0.2, 0) is 4.74 Å². The first-order valence-corrected chi connectivity index (χ1v) is 4.08. The molecule has 10 heavy (non-hydrogen) atoms. The third-order valence-electron chi connectivity index (χ3n) is 2.08. The van der Waals surface area contributed by atoms with Gasteiger partial charge in [-0.25, -0.2) is 0 Å². The van der Waals surface area contributed by atoms with E-state index in [1.807, 2.05) is 0 Å². The van der Waals surface area contributed by atoms with Crippen LogP contribution in [0.5, 0.6) is 0 Å². The molecular weight excluding hydrogens is 126 g/mol. The third-order valence-corrected chi connectivity index (χ3v) is 2.08. The van der Waals surface area contributed by atoms with Gasteiger partial charge in [0.15, 0.2) is 0 Å². The monoisotopic (exact) mass is 143 g/mol. The van der Waals surface area contributed by atoms with Crippen molar-refractivity contribution in [3.63, 3.8) is 0 Å². The summed E-state index contributed by atoms with van der Waals surface area (Å²) in [6.45, 7) is 3.10. The molecule has 1 fully saturated rings. The van der Waals surface area contributed by atoms with Crippen molar-refractivity contribution in [2.45, 2.75) is 38.3 Å². The number of methoxy groups -OCH3 is 1. The molecule has 0 radical (unpaired) electrons. The maximum atomic E-state index is 5.07. The predicted molar refractivity (Wildman–Crippen MR) is 42.1 cm³/mol. The lowest BCUT2D eigenvalue weighted by molar-refractivity contribution is 0.144. The molecule has 2 atom stereocenters. The minimum atomic E-state index is 0.605. The van der Waals surface area contributed by atoms with Gasteiger partial charge in [-0.3, -0.25) is 0 Å². The Balaban J connectivity index is 2.18. The molecule has 1 N–H and O–H groups in total. The van der Waals surface area contributed by atoms with E-state index >= 15 is 0 Å². The molecule has 0 bridgehead atoms. The number of rotatable bonds is 2. The largest absolute Gasteiger partial charge is 0.383 e. The zero-order valence-electron chi connectivity index (χ0n) is 6.89. The highest BCUT2D eigenvalue weighted by Crippen LogP contribution is 2.11. The number of ether oxygens (including phenoxy) is 1. The SMILES string of the molecule is COC[C@H]1CCC[C@@H](C)N1. The number of nitrogens with one attached hydrogen (secondary N) is 1. The fraction of sp³-hybridized carbons (Fsp3) is 1.00. The van der Waals surface area contributed by atoms with E-state index in [9.17, 15) is 0 Å². The lowest BCUT2D eigenvalue weighted by Gasteiger charge is -2.27. The number of piperidine rings is 1. The predicted octanol–water partition coefficient (Wildman–Crippen LogP) is 1.16. The summed E-state index contributed by atoms with van der Waals surface area (Å²) in [6, 6.07) is 1.29. The van der Waals surface area contributed by atoms with E-state index in [0.29, 0.717) is 12.1 Å². The first-order valence-electron chi connectivity index (χ1n) is 4.08. The second-order valence-electron chi connectivity index (χ2n) is 3.15. The summed E-state index contributed by atoms with van der Waals surface area (Å²) in [6.07, 6.45) is 3.95. The van der Waals surface area contributed by atoms with Crippen LogP contribution in [-0.4, -0.2) is 25.8 Å². The zero-order chi connectivity index (χ0) is 7.40. The van der Waals surface area contributed by atoms with Gasteiger partial charge in [0.05, 0.1) is 6.61 Å². The van der Waals surface area contributed by atoms with Gasteiger partial charge in [0.1, 0.15) is 0 Å². The van der Waals surface area contributed by atoms with Crippen LogP contribution in [0, 0.1) is 0 Å². The molecule has 1 rings (SSSR count). The van der Waals surface area contributed by atoms with Crippen molar-refractivity contribution < 1.29 is 4.74 Å². The molecule has 0 aromatic carbocycles. The van der Waals surface area contributed by atoms with Crippen LogP contribution in [0.2, 0.25) is 0 Å². The van der Waals surface area contributed by atoms with Crippen LogP contribution < -0.4 is 5.32 Å². The quantitative estimate of drug-likeness (QED) is 0.626. The average molecular weight is 143 g/mol. The molecular formula is C8H17NO. The summed E-state index contributed by atoms with van der Waals surface area (Å²) in [4.78, 5) is 0. The van der Waals surface area contributed by atoms with Crippen molar-refractivity contribution in [2.75, 3.05) is 13.7 Å². The molecule has 60 valence electrons. The van der Waals surface area contributed by atoms with Crippen molar-refractivity contribution in [2.24, 2.45) is 0 Å². The molecule has 0 amide bonds. The summed E-state index contributed by atoms with van der Waals surface area (Å²) >= 11 is 0. The molecule has 1 saturated heterocycles. The van der Waals surface area contributed by atoms with Crippen molar-refractivity contribution >= 4 is 0 Å². The second kappa shape index (κ2) is 3.94. The summed E-state index contributed by atoms with van der Waals surface area (Å²) in [5.74, 6) is 0. The fourth-order valence-corrected chi connectivity index (χ4v) is 1.57. The van der Waals surface area contributed by atoms with Crippen molar-refractivity contribution in [3.05, 3.63) is 0 Å². The average Bonchev–Trinajstić information content (AvgIpc) is 1.88. The fourth-order valence-electron chi connectivity index (χ4n) is 1.57. The van der Waals surface area contributed by atoms with Crippen molar-refractivity contribution in [3.8, 4) is 0 Å². The molecule has 2 heteroatoms. The second-order valence-corrected chi connectivity index (χ2v) is 3.15. The van der Waals surface area contributed by atoms with E-state index in [2.05, 4.69) is 12.2 Å². The van der Waals surface area contributed by atoms with E-state index in [4.69, 9.17) is 4.74 Å². The lowest BCUT2D eigenvalue weighted by Crippen LogP contribution is -2.42. The Labute approximate surface area is 63.0 Å². The zero-order valence-corrected chi connectivity index (χ0v) is 6.89. The Hall–Kier alpha value is -0.0800. The Morgan fingerprint density at radius 1 is 1.50 bits per heavy atom. The minimum Gasteiger partial charge on any atom is -0.383 e. The highest BCUT2D eigenvalue weighted by Gasteiger charge is 2.16. The Bertz CT molecular complexity index is 93.3. The topological polar surface area (TPSA) is 21.3 Å². The molecule has 2 nitrogen and oxygen atoms in total. The highest BCUT2D eigenvalue weighted by molar-refractivity contribution is 4.76. The molecule has 0 saturated carbocycles. The highest BCUT2D eigenvalue weighted by atomic mass is 16.5. The van der Waals surface area contributed by atoms with E-state index in [1.54, 1.807) is 7.11 Å².